The van der Waals surface area contributed by atoms with Gasteiger partial charge in [-0.3, -0.25) is 19.4 Å². The largest absolute Gasteiger partial charge is 0.468 e. The lowest BCUT2D eigenvalue weighted by molar-refractivity contribution is -0.243. The van der Waals surface area contributed by atoms with Gasteiger partial charge in [-0.1, -0.05) is 36.8 Å². The maximum Gasteiger partial charge on any atom is 0.344 e. The molecule has 3 saturated heterocycles. The van der Waals surface area contributed by atoms with Gasteiger partial charge in [0.2, 0.25) is 11.5 Å². The second-order valence-electron chi connectivity index (χ2n) is 18.9. The number of piperidine rings is 1. The number of aryl methyl sites for hydroxylation is 1. The monoisotopic (exact) mass is 832 g/mol. The number of H-pyrrole nitrogens is 1. The van der Waals surface area contributed by atoms with Crippen LogP contribution in [0.3, 0.4) is 0 Å². The first-order valence-corrected chi connectivity index (χ1v) is 21.4. The van der Waals surface area contributed by atoms with E-state index in [4.69, 9.17) is 18.9 Å². The van der Waals surface area contributed by atoms with E-state index in [0.29, 0.717) is 44.7 Å². The molecule has 0 radical (unpaired) electrons. The fourth-order valence-electron chi connectivity index (χ4n) is 13.8. The number of likely N-dealkylation sites (N-methyl/N-ethyl adjacent to an activating group) is 1. The molecule has 324 valence electrons. The summed E-state index contributed by atoms with van der Waals surface area (Å²) >= 11 is 0. The Morgan fingerprint density at radius 3 is 2.48 bits per heavy atom. The molecule has 0 amide bonds. The molecular weight excluding hydrogens is 775 g/mol. The van der Waals surface area contributed by atoms with Gasteiger partial charge in [0.15, 0.2) is 6.10 Å². The Balaban J connectivity index is 1.33. The molecule has 4 unspecified atom stereocenters. The number of nitrogens with one attached hydrogen (secondary N) is 1. The van der Waals surface area contributed by atoms with E-state index in [-0.39, 0.29) is 31.3 Å². The van der Waals surface area contributed by atoms with Gasteiger partial charge >= 0.3 is 17.9 Å². The molecule has 5 aliphatic heterocycles. The summed E-state index contributed by atoms with van der Waals surface area (Å²) in [6.45, 7) is 8.67. The number of likely N-dealkylation sites (tertiary alicyclic amines) is 1. The van der Waals surface area contributed by atoms with Gasteiger partial charge in [0, 0.05) is 98.3 Å². The minimum atomic E-state index is -2.93. The molecule has 7 aliphatic rings. The van der Waals surface area contributed by atoms with Crippen LogP contribution in [0.25, 0.3) is 10.9 Å². The predicted octanol–water partition coefficient (Wildman–Crippen LogP) is 5.03. The number of allylic oxidation sites excluding steroid dienone is 1. The summed E-state index contributed by atoms with van der Waals surface area (Å²) in [6, 6.07) is 4.82. The average Bonchev–Trinajstić information content (AvgIpc) is 3.86. The number of hydrogen-bond acceptors (Lipinski definition) is 11. The van der Waals surface area contributed by atoms with Crippen LogP contribution in [0.5, 0.6) is 0 Å². The molecule has 2 N–H and O–H groups in total. The number of methoxy groups -OCH3 is 3. The maximum atomic E-state index is 15.4. The number of halogens is 2. The van der Waals surface area contributed by atoms with Crippen molar-refractivity contribution in [3.05, 3.63) is 70.6 Å². The Labute approximate surface area is 349 Å². The Morgan fingerprint density at radius 2 is 1.82 bits per heavy atom. The number of alkyl halides is 2. The molecule has 12 atom stereocenters. The van der Waals surface area contributed by atoms with Gasteiger partial charge in [-0.2, -0.15) is 0 Å². The number of fused-ring (bicyclic) bond motifs is 6. The molecule has 12 nitrogen and oxygen atoms in total. The molecule has 1 aromatic heterocycles. The van der Waals surface area contributed by atoms with Gasteiger partial charge in [-0.15, -0.1) is 0 Å². The van der Waals surface area contributed by atoms with Crippen molar-refractivity contribution in [1.82, 2.24) is 19.7 Å². The Bertz CT molecular complexity index is 2230. The number of ether oxygens (including phenoxy) is 4. The van der Waals surface area contributed by atoms with Gasteiger partial charge in [0.05, 0.1) is 26.4 Å². The fraction of sp³-hybridized carbons (Fsp3) is 0.630. The van der Waals surface area contributed by atoms with Crippen LogP contribution >= 0.6 is 0 Å². The van der Waals surface area contributed by atoms with E-state index >= 15 is 13.6 Å². The van der Waals surface area contributed by atoms with Crippen LogP contribution in [0.2, 0.25) is 0 Å². The van der Waals surface area contributed by atoms with Crippen LogP contribution in [0.1, 0.15) is 63.3 Å². The molecule has 1 aromatic carbocycles. The topological polar surface area (TPSA) is 134 Å². The third-order valence-corrected chi connectivity index (χ3v) is 15.9. The maximum absolute atomic E-state index is 15.4. The van der Waals surface area contributed by atoms with Crippen LogP contribution in [-0.2, 0) is 45.3 Å². The van der Waals surface area contributed by atoms with E-state index in [1.54, 1.807) is 7.11 Å². The number of hydrogen-bond donors (Lipinski definition) is 2. The number of carbonyl (C=O) groups is 3. The number of aromatic amines is 1. The molecule has 1 spiro atoms. The standard InChI is InChI=1S/C46H58F2N4O8/c1-9-43-13-10-15-52-16-14-44(37(43)52)31-19-32(35(57-6)20-34(31)50(5)38(44)46(56,41(55)59-8)39(43)60-26(3)53)45(40(54)58-7)21-27-18-28(42(4,47)48)23-51(22-27)24-30-29-17-25(2)11-12-33(29)49-36(30)45/h10-13,17,19-20,27-28,32,35,37-39,49,56H,9,14-16,18,21-24H2,1-8H3/t27-,28?,32?,35?,37+,38-,39-,43-,44-,45+,46+/m1/s1. The number of aromatic nitrogens is 1. The van der Waals surface area contributed by atoms with Gasteiger partial charge in [0.25, 0.3) is 0 Å². The Morgan fingerprint density at radius 1 is 1.07 bits per heavy atom. The highest BCUT2D eigenvalue weighted by Gasteiger charge is 2.81. The first-order valence-electron chi connectivity index (χ1n) is 21.4. The number of nitrogens with zero attached hydrogens (tertiary/aromatic N) is 3. The average molecular weight is 833 g/mol. The smallest absolute Gasteiger partial charge is 0.344 e. The summed E-state index contributed by atoms with van der Waals surface area (Å²) in [5, 5.41) is 14.2. The SMILES string of the molecule is CC[C@]12C=CCN3CC[C@@]4(C5=CC([C@@]6(C(=O)OC)C[C@H]7CC(C(C)(F)F)CN(Cc8c6[nH]c6ccc(C)cc86)C7)C(OC)C=C5N(C)[C@H]4[C@@](O)(C(=O)OC)[C@@H]1OC(C)=O)[C@@H]32. The van der Waals surface area contributed by atoms with Crippen molar-refractivity contribution in [2.75, 3.05) is 54.6 Å². The third-order valence-electron chi connectivity index (χ3n) is 15.9. The van der Waals surface area contributed by atoms with Crippen molar-refractivity contribution in [3.63, 3.8) is 0 Å². The lowest BCUT2D eigenvalue weighted by Crippen LogP contribution is -2.79. The van der Waals surface area contributed by atoms with Crippen LogP contribution in [0.15, 0.2) is 53.8 Å². The summed E-state index contributed by atoms with van der Waals surface area (Å²) in [5.74, 6) is -6.88. The van der Waals surface area contributed by atoms with E-state index in [1.165, 1.54) is 21.1 Å². The lowest BCUT2D eigenvalue weighted by atomic mass is 9.47. The van der Waals surface area contributed by atoms with Crippen LogP contribution in [-0.4, -0.2) is 133 Å². The minimum Gasteiger partial charge on any atom is -0.468 e. The molecule has 4 fully saturated rings. The molecule has 60 heavy (non-hydrogen) atoms. The quantitative estimate of drug-likeness (QED) is 0.221. The van der Waals surface area contributed by atoms with Gasteiger partial charge in [0.1, 0.15) is 5.41 Å². The minimum absolute atomic E-state index is 0.211. The molecule has 2 aromatic rings. The van der Waals surface area contributed by atoms with E-state index in [2.05, 4.69) is 26.9 Å². The molecule has 2 aliphatic carbocycles. The predicted molar refractivity (Wildman–Crippen MR) is 218 cm³/mol. The van der Waals surface area contributed by atoms with Crippen LogP contribution in [0.4, 0.5) is 8.78 Å². The molecule has 9 rings (SSSR count). The van der Waals surface area contributed by atoms with E-state index in [9.17, 15) is 14.7 Å². The number of benzene rings is 1. The summed E-state index contributed by atoms with van der Waals surface area (Å²) < 4.78 is 54.7. The van der Waals surface area contributed by atoms with Crippen LogP contribution < -0.4 is 0 Å². The van der Waals surface area contributed by atoms with Crippen molar-refractivity contribution in [3.8, 4) is 0 Å². The molecule has 1 saturated carbocycles. The first kappa shape index (κ1) is 41.3. The molecule has 2 bridgehead atoms. The van der Waals surface area contributed by atoms with E-state index in [1.807, 2.05) is 56.2 Å². The number of rotatable bonds is 7. The summed E-state index contributed by atoms with van der Waals surface area (Å²) in [7, 11) is 6.06. The van der Waals surface area contributed by atoms with Crippen molar-refractivity contribution >= 4 is 28.8 Å². The Kier molecular flexibility index (Phi) is 9.59. The van der Waals surface area contributed by atoms with E-state index in [0.717, 1.165) is 40.2 Å². The molecule has 6 heterocycles. The summed E-state index contributed by atoms with van der Waals surface area (Å²) in [5.41, 5.74) is -0.699. The second kappa shape index (κ2) is 14.0. The van der Waals surface area contributed by atoms with Gasteiger partial charge < -0.3 is 33.9 Å². The highest BCUT2D eigenvalue weighted by molar-refractivity contribution is 5.92. The molecular formula is C46H58F2N4O8. The fourth-order valence-corrected chi connectivity index (χ4v) is 13.8. The van der Waals surface area contributed by atoms with Crippen molar-refractivity contribution in [2.45, 2.75) is 101 Å². The van der Waals surface area contributed by atoms with Gasteiger partial charge in [-0.25, -0.2) is 13.6 Å². The first-order chi connectivity index (χ1) is 28.5. The summed E-state index contributed by atoms with van der Waals surface area (Å²) in [6.07, 6.45) is 7.58. The number of esters is 3. The van der Waals surface area contributed by atoms with Crippen molar-refractivity contribution < 1.29 is 47.2 Å². The molecule has 14 heteroatoms. The van der Waals surface area contributed by atoms with Crippen LogP contribution in [0, 0.1) is 35.5 Å². The summed E-state index contributed by atoms with van der Waals surface area (Å²) in [4.78, 5) is 52.8. The van der Waals surface area contributed by atoms with E-state index < -0.39 is 75.8 Å². The van der Waals surface area contributed by atoms with Gasteiger partial charge in [-0.05, 0) is 81.3 Å². The number of carbonyl (C=O) groups excluding carboxylic acids is 3. The number of aliphatic hydroxyl groups is 1. The zero-order valence-electron chi connectivity index (χ0n) is 35.8. The highest BCUT2D eigenvalue weighted by atomic mass is 19.3. The lowest BCUT2D eigenvalue weighted by Gasteiger charge is -2.63. The zero-order valence-corrected chi connectivity index (χ0v) is 35.8. The Hall–Kier alpha value is -4.11. The zero-order chi connectivity index (χ0) is 42.9. The highest BCUT2D eigenvalue weighted by Crippen LogP contribution is 2.70. The third kappa shape index (κ3) is 5.35. The van der Waals surface area contributed by atoms with Crippen molar-refractivity contribution in [1.29, 1.82) is 0 Å². The van der Waals surface area contributed by atoms with Crippen molar-refractivity contribution in [2.24, 2.45) is 28.6 Å². The normalized spacial score (nSPS) is 39.4. The second-order valence-corrected chi connectivity index (χ2v) is 18.9.